The molecule has 0 N–H and O–H groups in total. The SMILES string of the molecule is c1cc(-c2ccc3ccccc3c2)cc(N(c2cccc(-c3ccc4sc5ccccc5c4c3)c2)c2cccc(-c3cccc4cc(-c5ccc6cc(-c7cccc(N(c8cccc(-c9cccc%10ccccc9%10)c8)c8cccc(-c9cccc%10sc%11ccccc%11c9%10)c8)c7)ccc6c5)ccc34)c2)c1. The van der Waals surface area contributed by atoms with Crippen LogP contribution in [-0.2, 0) is 0 Å². The predicted octanol–water partition coefficient (Wildman–Crippen LogP) is 29.6. The average molecular weight is 1360 g/mol. The Balaban J connectivity index is 0.629. The van der Waals surface area contributed by atoms with Crippen molar-refractivity contribution in [1.82, 2.24) is 0 Å². The van der Waals surface area contributed by atoms with Crippen LogP contribution >= 0.6 is 22.7 Å². The topological polar surface area (TPSA) is 6.48 Å². The van der Waals surface area contributed by atoms with E-state index in [1.165, 1.54) is 139 Å². The summed E-state index contributed by atoms with van der Waals surface area (Å²) >= 11 is 3.72. The summed E-state index contributed by atoms with van der Waals surface area (Å²) in [6.45, 7) is 0. The number of nitrogens with zero attached hydrogens (tertiary/aromatic N) is 2. The minimum atomic E-state index is 1.08. The van der Waals surface area contributed by atoms with Gasteiger partial charge in [0, 0.05) is 74.5 Å². The highest BCUT2D eigenvalue weighted by atomic mass is 32.1. The van der Waals surface area contributed by atoms with Gasteiger partial charge in [0.25, 0.3) is 0 Å². The lowest BCUT2D eigenvalue weighted by atomic mass is 9.93. The van der Waals surface area contributed by atoms with Gasteiger partial charge >= 0.3 is 0 Å². The second-order valence-corrected chi connectivity index (χ2v) is 29.3. The number of hydrogen-bond acceptors (Lipinski definition) is 4. The van der Waals surface area contributed by atoms with Crippen molar-refractivity contribution >= 4 is 140 Å². The molecule has 0 aliphatic heterocycles. The first kappa shape index (κ1) is 61.0. The molecule has 0 aliphatic carbocycles. The second-order valence-electron chi connectivity index (χ2n) is 27.2. The van der Waals surface area contributed by atoms with Crippen molar-refractivity contribution < 1.29 is 0 Å². The van der Waals surface area contributed by atoms with Crippen LogP contribution in [0.3, 0.4) is 0 Å². The van der Waals surface area contributed by atoms with Gasteiger partial charge in [-0.05, 0) is 248 Å². The summed E-state index contributed by atoms with van der Waals surface area (Å²) in [7, 11) is 0. The Morgan fingerprint density at radius 2 is 0.471 bits per heavy atom. The summed E-state index contributed by atoms with van der Waals surface area (Å²) in [5.41, 5.74) is 23.0. The molecular formula is C100H64N2S2. The maximum atomic E-state index is 2.43. The molecule has 0 aliphatic rings. The minimum Gasteiger partial charge on any atom is -0.310 e. The summed E-state index contributed by atoms with van der Waals surface area (Å²) in [6.07, 6.45) is 0. The molecule has 2 heterocycles. The van der Waals surface area contributed by atoms with E-state index in [1.54, 1.807) is 0 Å². The molecule has 0 spiro atoms. The summed E-state index contributed by atoms with van der Waals surface area (Å²) in [5, 5.41) is 14.9. The fourth-order valence-corrected chi connectivity index (χ4v) is 18.1. The molecule has 0 saturated heterocycles. The highest BCUT2D eigenvalue weighted by molar-refractivity contribution is 7.26. The van der Waals surface area contributed by atoms with Gasteiger partial charge < -0.3 is 9.80 Å². The zero-order valence-electron chi connectivity index (χ0n) is 56.7. The Labute approximate surface area is 611 Å². The standard InChI is InChI=1S/C100H64N2S2/c1-2-20-67-54-71(45-44-65(67)18-1)68-22-9-29-82(58-68)101(84-31-11-24-70(60-84)77-51-53-98-95(64-77)93-36-5-7-41-96(93)103-98)85-32-13-26-80(62-85)90-39-16-28-78-57-76(50-52-91(78)90)75-49-48-73-55-72(46-47-74(73)56-75)69-23-10-30-83(59-69)102(86-33-12-25-79(61-86)89-38-15-21-66-19-3-4-35-88(66)89)87-34-14-27-81(63-87)92-40-17-43-99-100(92)94-37-6-8-42-97(94)104-99/h1-64H. The van der Waals surface area contributed by atoms with Gasteiger partial charge in [0.15, 0.2) is 0 Å². The lowest BCUT2D eigenvalue weighted by molar-refractivity contribution is 1.28. The highest BCUT2D eigenvalue weighted by Crippen LogP contribution is 2.47. The Kier molecular flexibility index (Phi) is 15.0. The van der Waals surface area contributed by atoms with Crippen LogP contribution in [0.25, 0.3) is 161 Å². The first-order valence-electron chi connectivity index (χ1n) is 35.6. The molecule has 0 unspecified atom stereocenters. The first-order valence-corrected chi connectivity index (χ1v) is 37.2. The second kappa shape index (κ2) is 25.6. The lowest BCUT2D eigenvalue weighted by Gasteiger charge is -2.27. The highest BCUT2D eigenvalue weighted by Gasteiger charge is 2.21. The van der Waals surface area contributed by atoms with Crippen molar-refractivity contribution in [3.05, 3.63) is 388 Å². The molecule has 0 amide bonds. The molecule has 18 aromatic carbocycles. The summed E-state index contributed by atoms with van der Waals surface area (Å²) in [6, 6.07) is 144. The Morgan fingerprint density at radius 3 is 1.04 bits per heavy atom. The van der Waals surface area contributed by atoms with Gasteiger partial charge in [0.2, 0.25) is 0 Å². The molecule has 0 saturated carbocycles. The number of thiophene rings is 2. The molecule has 20 aromatic rings. The molecule has 486 valence electrons. The van der Waals surface area contributed by atoms with Crippen molar-refractivity contribution in [2.45, 2.75) is 0 Å². The molecule has 0 fully saturated rings. The quantitative estimate of drug-likeness (QED) is 0.114. The fraction of sp³-hybridized carbons (Fsp3) is 0. The molecule has 104 heavy (non-hydrogen) atoms. The molecule has 0 bridgehead atoms. The summed E-state index contributed by atoms with van der Waals surface area (Å²) < 4.78 is 5.22. The zero-order valence-corrected chi connectivity index (χ0v) is 58.3. The van der Waals surface area contributed by atoms with E-state index in [2.05, 4.69) is 398 Å². The third-order valence-electron chi connectivity index (χ3n) is 20.9. The monoisotopic (exact) mass is 1360 g/mol. The number of anilines is 6. The van der Waals surface area contributed by atoms with Crippen LogP contribution in [0.15, 0.2) is 388 Å². The third kappa shape index (κ3) is 11.0. The Morgan fingerprint density at radius 1 is 0.154 bits per heavy atom. The summed E-state index contributed by atoms with van der Waals surface area (Å²) in [5.74, 6) is 0. The zero-order chi connectivity index (χ0) is 68.6. The van der Waals surface area contributed by atoms with E-state index >= 15 is 0 Å². The molecule has 2 nitrogen and oxygen atoms in total. The average Bonchev–Trinajstić information content (AvgIpc) is 1.64. The maximum Gasteiger partial charge on any atom is 0.0467 e. The van der Waals surface area contributed by atoms with Gasteiger partial charge in [-0.25, -0.2) is 0 Å². The molecule has 0 atom stereocenters. The maximum absolute atomic E-state index is 2.43. The number of fused-ring (bicyclic) bond motifs is 10. The van der Waals surface area contributed by atoms with E-state index in [9.17, 15) is 0 Å². The first-order chi connectivity index (χ1) is 51.5. The van der Waals surface area contributed by atoms with E-state index < -0.39 is 0 Å². The van der Waals surface area contributed by atoms with Crippen molar-refractivity contribution in [1.29, 1.82) is 0 Å². The Hall–Kier alpha value is -13.0. The van der Waals surface area contributed by atoms with E-state index in [1.807, 2.05) is 22.7 Å². The fourth-order valence-electron chi connectivity index (χ4n) is 15.9. The molecule has 0 radical (unpaired) electrons. The van der Waals surface area contributed by atoms with E-state index in [4.69, 9.17) is 0 Å². The van der Waals surface area contributed by atoms with Gasteiger partial charge in [-0.2, -0.15) is 0 Å². The van der Waals surface area contributed by atoms with Crippen molar-refractivity contribution in [3.8, 4) is 77.9 Å². The van der Waals surface area contributed by atoms with Gasteiger partial charge in [0.1, 0.15) is 0 Å². The number of hydrogen-bond donors (Lipinski definition) is 0. The van der Waals surface area contributed by atoms with Gasteiger partial charge in [-0.3, -0.25) is 0 Å². The van der Waals surface area contributed by atoms with Crippen LogP contribution in [0.2, 0.25) is 0 Å². The van der Waals surface area contributed by atoms with Crippen molar-refractivity contribution in [2.24, 2.45) is 0 Å². The van der Waals surface area contributed by atoms with E-state index in [-0.39, 0.29) is 0 Å². The van der Waals surface area contributed by atoms with Crippen molar-refractivity contribution in [2.75, 3.05) is 9.80 Å². The van der Waals surface area contributed by atoms with Gasteiger partial charge in [-0.15, -0.1) is 22.7 Å². The third-order valence-corrected chi connectivity index (χ3v) is 23.2. The normalized spacial score (nSPS) is 11.7. The van der Waals surface area contributed by atoms with Gasteiger partial charge in [-0.1, -0.05) is 261 Å². The van der Waals surface area contributed by atoms with Crippen LogP contribution in [-0.4, -0.2) is 0 Å². The largest absolute Gasteiger partial charge is 0.310 e. The van der Waals surface area contributed by atoms with Crippen LogP contribution in [0.5, 0.6) is 0 Å². The Bertz CT molecular complexity index is 6790. The predicted molar refractivity (Wildman–Crippen MR) is 450 cm³/mol. The van der Waals surface area contributed by atoms with E-state index in [0.717, 1.165) is 56.4 Å². The van der Waals surface area contributed by atoms with Crippen molar-refractivity contribution in [3.63, 3.8) is 0 Å². The smallest absolute Gasteiger partial charge is 0.0467 e. The van der Waals surface area contributed by atoms with Crippen LogP contribution in [0, 0.1) is 0 Å². The van der Waals surface area contributed by atoms with E-state index in [0.29, 0.717) is 0 Å². The lowest BCUT2D eigenvalue weighted by Crippen LogP contribution is -2.10. The molecule has 20 rings (SSSR count). The van der Waals surface area contributed by atoms with Crippen LogP contribution < -0.4 is 9.80 Å². The molecule has 4 heteroatoms. The number of benzene rings is 18. The summed E-state index contributed by atoms with van der Waals surface area (Å²) in [4.78, 5) is 4.86. The minimum absolute atomic E-state index is 1.08. The molecule has 2 aromatic heterocycles. The van der Waals surface area contributed by atoms with Crippen LogP contribution in [0.4, 0.5) is 34.1 Å². The number of rotatable bonds is 13. The van der Waals surface area contributed by atoms with Crippen LogP contribution in [0.1, 0.15) is 0 Å². The molecular weight excluding hydrogens is 1290 g/mol. The van der Waals surface area contributed by atoms with Gasteiger partial charge in [0.05, 0.1) is 0 Å².